The van der Waals surface area contributed by atoms with Crippen LogP contribution in [0.4, 0.5) is 0 Å². The molecule has 2 heterocycles. The van der Waals surface area contributed by atoms with E-state index >= 15 is 0 Å². The first kappa shape index (κ1) is 14.0. The van der Waals surface area contributed by atoms with Crippen molar-refractivity contribution >= 4 is 7.98 Å². The molecule has 0 unspecified atom stereocenters. The van der Waals surface area contributed by atoms with Gasteiger partial charge in [0.2, 0.25) is 0 Å². The molecule has 5 heteroatoms. The van der Waals surface area contributed by atoms with Gasteiger partial charge in [0.15, 0.2) is 7.98 Å². The quantitative estimate of drug-likeness (QED) is 0.855. The lowest BCUT2D eigenvalue weighted by Crippen LogP contribution is -2.34. The predicted molar refractivity (Wildman–Crippen MR) is 88.4 cm³/mol. The van der Waals surface area contributed by atoms with Gasteiger partial charge in [-0.3, -0.25) is 0 Å². The third-order valence-electron chi connectivity index (χ3n) is 5.07. The minimum Gasteiger partial charge on any atom is -0.345 e. The molecule has 1 saturated carbocycles. The summed E-state index contributed by atoms with van der Waals surface area (Å²) in [6.07, 6.45) is 6.35. The number of imidazole rings is 1. The van der Waals surface area contributed by atoms with Gasteiger partial charge in [0.25, 0.3) is 0 Å². The molecule has 0 amide bonds. The van der Waals surface area contributed by atoms with Gasteiger partial charge in [-0.15, -0.1) is 0 Å². The van der Waals surface area contributed by atoms with Crippen molar-refractivity contribution in [1.29, 1.82) is 0 Å². The highest BCUT2D eigenvalue weighted by atomic mass is 15.1. The number of rotatable bonds is 3. The number of aromatic amines is 1. The number of hydrogen-bond donors (Lipinski definition) is 2. The molecule has 2 radical (unpaired) electrons. The number of nitrogens with one attached hydrogen (secondary N) is 1. The number of H-pyrrole nitrogens is 1. The summed E-state index contributed by atoms with van der Waals surface area (Å²) in [7, 11) is 6.01. The van der Waals surface area contributed by atoms with Gasteiger partial charge in [0.05, 0.1) is 17.9 Å². The van der Waals surface area contributed by atoms with Crippen LogP contribution in [0.5, 0.6) is 0 Å². The molecule has 2 fully saturated rings. The van der Waals surface area contributed by atoms with Crippen molar-refractivity contribution in [3.63, 3.8) is 0 Å². The Balaban J connectivity index is 1.51. The predicted octanol–water partition coefficient (Wildman–Crippen LogP) is 2.50. The van der Waals surface area contributed by atoms with Crippen LogP contribution in [-0.2, 0) is 0 Å². The maximum atomic E-state index is 6.01. The second kappa shape index (κ2) is 5.56. The van der Waals surface area contributed by atoms with E-state index in [1.54, 1.807) is 0 Å². The number of benzene rings is 1. The summed E-state index contributed by atoms with van der Waals surface area (Å²) >= 11 is 0. The lowest BCUT2D eigenvalue weighted by Gasteiger charge is -2.32. The molecule has 112 valence electrons. The van der Waals surface area contributed by atoms with Gasteiger partial charge in [-0.25, -0.2) is 4.98 Å². The molecule has 4 nitrogen and oxygen atoms in total. The van der Waals surface area contributed by atoms with Crippen molar-refractivity contribution < 1.29 is 0 Å². The van der Waals surface area contributed by atoms with Gasteiger partial charge in [-0.05, 0) is 49.3 Å². The van der Waals surface area contributed by atoms with E-state index in [1.165, 1.54) is 11.1 Å². The Morgan fingerprint density at radius 3 is 2.64 bits per heavy atom. The molecule has 0 bridgehead atoms. The third kappa shape index (κ3) is 2.48. The first-order valence-corrected chi connectivity index (χ1v) is 8.13. The Hall–Kier alpha value is -1.59. The van der Waals surface area contributed by atoms with Crippen molar-refractivity contribution in [2.45, 2.75) is 43.7 Å². The summed E-state index contributed by atoms with van der Waals surface area (Å²) in [5.74, 6) is 1.62. The first-order chi connectivity index (χ1) is 10.7. The molecular weight excluding hydrogens is 271 g/mol. The van der Waals surface area contributed by atoms with Gasteiger partial charge in [-0.1, -0.05) is 24.3 Å². The molecule has 2 aliphatic rings. The molecule has 1 saturated heterocycles. The molecule has 22 heavy (non-hydrogen) atoms. The van der Waals surface area contributed by atoms with Crippen molar-refractivity contribution in [2.24, 2.45) is 5.73 Å². The van der Waals surface area contributed by atoms with E-state index < -0.39 is 0 Å². The lowest BCUT2D eigenvalue weighted by molar-refractivity contribution is 0.351. The summed E-state index contributed by atoms with van der Waals surface area (Å²) in [5, 5.41) is 0. The SMILES string of the molecule is [B]N1CCC[C@H]1c1ncc(-c2ccc(C3CC(N)C3)cc2)[nH]1. The van der Waals surface area contributed by atoms with Gasteiger partial charge >= 0.3 is 0 Å². The number of hydrogen-bond acceptors (Lipinski definition) is 3. The van der Waals surface area contributed by atoms with Crippen LogP contribution in [0.2, 0.25) is 0 Å². The number of aromatic nitrogens is 2. The van der Waals surface area contributed by atoms with E-state index in [0.29, 0.717) is 12.0 Å². The van der Waals surface area contributed by atoms with Crippen LogP contribution >= 0.6 is 0 Å². The average Bonchev–Trinajstić information content (AvgIpc) is 3.13. The molecule has 1 aromatic heterocycles. The molecular formula is C17H21BN4. The van der Waals surface area contributed by atoms with Gasteiger partial charge < -0.3 is 15.5 Å². The normalized spacial score (nSPS) is 28.7. The second-order valence-electron chi connectivity index (χ2n) is 6.63. The topological polar surface area (TPSA) is 57.9 Å². The highest BCUT2D eigenvalue weighted by molar-refractivity contribution is 6.04. The minimum atomic E-state index is 0.226. The van der Waals surface area contributed by atoms with Crippen LogP contribution in [0, 0.1) is 0 Å². The molecule has 1 aliphatic heterocycles. The van der Waals surface area contributed by atoms with Crippen LogP contribution in [0.1, 0.15) is 49.0 Å². The lowest BCUT2D eigenvalue weighted by atomic mass is 9.76. The summed E-state index contributed by atoms with van der Waals surface area (Å²) in [6.45, 7) is 0.943. The van der Waals surface area contributed by atoms with E-state index in [9.17, 15) is 0 Å². The summed E-state index contributed by atoms with van der Waals surface area (Å²) in [5.41, 5.74) is 9.51. The van der Waals surface area contributed by atoms with E-state index in [4.69, 9.17) is 13.7 Å². The molecule has 0 spiro atoms. The molecule has 1 aliphatic carbocycles. The van der Waals surface area contributed by atoms with Crippen LogP contribution in [0.25, 0.3) is 11.3 Å². The minimum absolute atomic E-state index is 0.226. The van der Waals surface area contributed by atoms with Crippen molar-refractivity contribution in [1.82, 2.24) is 14.8 Å². The molecule has 1 aromatic carbocycles. The largest absolute Gasteiger partial charge is 0.345 e. The van der Waals surface area contributed by atoms with Gasteiger partial charge in [0.1, 0.15) is 5.82 Å². The highest BCUT2D eigenvalue weighted by Crippen LogP contribution is 2.36. The Kier molecular flexibility index (Phi) is 3.55. The van der Waals surface area contributed by atoms with E-state index in [-0.39, 0.29) is 6.04 Å². The zero-order valence-electron chi connectivity index (χ0n) is 12.7. The average molecular weight is 292 g/mol. The molecule has 3 N–H and O–H groups in total. The van der Waals surface area contributed by atoms with Crippen LogP contribution in [0.3, 0.4) is 0 Å². The second-order valence-corrected chi connectivity index (χ2v) is 6.63. The summed E-state index contributed by atoms with van der Waals surface area (Å²) < 4.78 is 0. The Labute approximate surface area is 132 Å². The van der Waals surface area contributed by atoms with Crippen molar-refractivity contribution in [2.75, 3.05) is 6.54 Å². The standard InChI is InChI=1S/C17H21BN4/c18-22-7-1-2-16(22)17-20-10-15(21-17)12-5-3-11(4-6-12)13-8-14(19)9-13/h3-6,10,13-14,16H,1-2,7-9,19H2,(H,20,21)/t13?,14?,16-/m0/s1. The Morgan fingerprint density at radius 1 is 1.23 bits per heavy atom. The zero-order valence-corrected chi connectivity index (χ0v) is 12.7. The van der Waals surface area contributed by atoms with E-state index in [0.717, 1.165) is 43.7 Å². The molecule has 4 rings (SSSR count). The molecule has 2 aromatic rings. The molecule has 1 atom stereocenters. The summed E-state index contributed by atoms with van der Waals surface area (Å²) in [6, 6.07) is 9.40. The monoisotopic (exact) mass is 292 g/mol. The number of nitrogens with zero attached hydrogens (tertiary/aromatic N) is 2. The Bertz CT molecular complexity index is 645. The maximum absolute atomic E-state index is 6.01. The van der Waals surface area contributed by atoms with Gasteiger partial charge in [-0.2, -0.15) is 0 Å². The fraction of sp³-hybridized carbons (Fsp3) is 0.471. The van der Waals surface area contributed by atoms with Crippen molar-refractivity contribution in [3.05, 3.63) is 41.9 Å². The third-order valence-corrected chi connectivity index (χ3v) is 5.07. The number of nitrogens with two attached hydrogens (primary N) is 1. The smallest absolute Gasteiger partial charge is 0.183 e. The maximum Gasteiger partial charge on any atom is 0.183 e. The van der Waals surface area contributed by atoms with E-state index in [1.807, 2.05) is 11.0 Å². The summed E-state index contributed by atoms with van der Waals surface area (Å²) in [4.78, 5) is 9.84. The van der Waals surface area contributed by atoms with Crippen LogP contribution in [0.15, 0.2) is 30.5 Å². The van der Waals surface area contributed by atoms with E-state index in [2.05, 4.69) is 34.2 Å². The fourth-order valence-electron chi connectivity index (χ4n) is 3.60. The van der Waals surface area contributed by atoms with Crippen LogP contribution < -0.4 is 5.73 Å². The van der Waals surface area contributed by atoms with Crippen molar-refractivity contribution in [3.8, 4) is 11.3 Å². The first-order valence-electron chi connectivity index (χ1n) is 8.13. The fourth-order valence-corrected chi connectivity index (χ4v) is 3.60. The van der Waals surface area contributed by atoms with Crippen LogP contribution in [-0.4, -0.2) is 35.3 Å². The van der Waals surface area contributed by atoms with Gasteiger partial charge in [0, 0.05) is 6.04 Å². The zero-order chi connectivity index (χ0) is 15.1. The highest BCUT2D eigenvalue weighted by Gasteiger charge is 2.27. The Morgan fingerprint density at radius 2 is 2.00 bits per heavy atom.